The molecule has 1 aromatic carbocycles. The van der Waals surface area contributed by atoms with Crippen LogP contribution in [0.3, 0.4) is 0 Å². The molecule has 1 saturated heterocycles. The zero-order valence-corrected chi connectivity index (χ0v) is 14.9. The van der Waals surface area contributed by atoms with Gasteiger partial charge in [-0.05, 0) is 56.6 Å². The Morgan fingerprint density at radius 2 is 2.08 bits per heavy atom. The number of benzene rings is 1. The van der Waals surface area contributed by atoms with Crippen molar-refractivity contribution >= 4 is 29.1 Å². The van der Waals surface area contributed by atoms with Crippen molar-refractivity contribution in [3.63, 3.8) is 0 Å². The predicted molar refractivity (Wildman–Crippen MR) is 95.3 cm³/mol. The van der Waals surface area contributed by atoms with Gasteiger partial charge in [0.1, 0.15) is 5.54 Å². The van der Waals surface area contributed by atoms with Crippen molar-refractivity contribution in [1.29, 1.82) is 0 Å². The molecule has 1 amide bonds. The van der Waals surface area contributed by atoms with Crippen molar-refractivity contribution < 1.29 is 4.79 Å². The molecule has 0 saturated carbocycles. The van der Waals surface area contributed by atoms with Gasteiger partial charge in [0.25, 0.3) is 0 Å². The molecule has 0 bridgehead atoms. The smallest absolute Gasteiger partial charge is 0.248 e. The van der Waals surface area contributed by atoms with Crippen LogP contribution in [0.15, 0.2) is 36.7 Å². The molecule has 128 valence electrons. The average Bonchev–Trinajstić information content (AvgIpc) is 3.13. The summed E-state index contributed by atoms with van der Waals surface area (Å²) < 4.78 is 1.78. The third kappa shape index (κ3) is 3.29. The van der Waals surface area contributed by atoms with E-state index in [-0.39, 0.29) is 11.9 Å². The van der Waals surface area contributed by atoms with Crippen molar-refractivity contribution in [2.24, 2.45) is 0 Å². The number of hydrogen-bond donors (Lipinski definition) is 2. The predicted octanol–water partition coefficient (Wildman–Crippen LogP) is 3.15. The molecule has 1 unspecified atom stereocenters. The van der Waals surface area contributed by atoms with E-state index in [2.05, 4.69) is 15.7 Å². The van der Waals surface area contributed by atoms with Gasteiger partial charge in [-0.3, -0.25) is 9.48 Å². The lowest BCUT2D eigenvalue weighted by Crippen LogP contribution is -2.55. The largest absolute Gasteiger partial charge is 0.347 e. The van der Waals surface area contributed by atoms with Gasteiger partial charge in [-0.2, -0.15) is 5.10 Å². The number of carbonyl (C=O) groups excluding carboxylic acids is 1. The molecule has 3 rings (SSSR count). The summed E-state index contributed by atoms with van der Waals surface area (Å²) in [6.45, 7) is 3.51. The lowest BCUT2D eigenvalue weighted by atomic mass is 9.87. The van der Waals surface area contributed by atoms with E-state index in [9.17, 15) is 4.79 Å². The van der Waals surface area contributed by atoms with E-state index >= 15 is 0 Å². The van der Waals surface area contributed by atoms with Gasteiger partial charge in [0.15, 0.2) is 0 Å². The van der Waals surface area contributed by atoms with Crippen LogP contribution in [0.5, 0.6) is 0 Å². The van der Waals surface area contributed by atoms with Crippen LogP contribution in [0.25, 0.3) is 0 Å². The van der Waals surface area contributed by atoms with Crippen molar-refractivity contribution in [3.8, 4) is 0 Å². The normalized spacial score (nSPS) is 18.1. The van der Waals surface area contributed by atoms with E-state index in [1.165, 1.54) is 0 Å². The van der Waals surface area contributed by atoms with Crippen LogP contribution in [0.2, 0.25) is 10.0 Å². The SMILES string of the molecule is CC(NC(=O)C1(n2cccn2)CCNCC1)c1ccc(Cl)c(Cl)c1. The van der Waals surface area contributed by atoms with E-state index in [0.29, 0.717) is 22.9 Å². The molecule has 0 radical (unpaired) electrons. The standard InChI is InChI=1S/C17H20Cl2N4O/c1-12(13-3-4-14(18)15(19)11-13)22-16(24)17(5-8-20-9-6-17)23-10-2-7-21-23/h2-4,7,10-12,20H,5-6,8-9H2,1H3,(H,22,24). The van der Waals surface area contributed by atoms with Crippen LogP contribution >= 0.6 is 23.2 Å². The highest BCUT2D eigenvalue weighted by Crippen LogP contribution is 2.29. The minimum absolute atomic E-state index is 0.0220. The van der Waals surface area contributed by atoms with Crippen LogP contribution in [0.4, 0.5) is 0 Å². The second-order valence-corrected chi connectivity index (χ2v) is 6.92. The summed E-state index contributed by atoms with van der Waals surface area (Å²) in [4.78, 5) is 13.1. The van der Waals surface area contributed by atoms with Crippen LogP contribution in [0.1, 0.15) is 31.4 Å². The van der Waals surface area contributed by atoms with Crippen LogP contribution in [-0.4, -0.2) is 28.8 Å². The Labute approximate surface area is 151 Å². The number of rotatable bonds is 4. The first-order valence-corrected chi connectivity index (χ1v) is 8.75. The summed E-state index contributed by atoms with van der Waals surface area (Å²) in [6.07, 6.45) is 4.97. The van der Waals surface area contributed by atoms with Gasteiger partial charge in [0.2, 0.25) is 5.91 Å². The molecule has 24 heavy (non-hydrogen) atoms. The maximum absolute atomic E-state index is 13.1. The fraction of sp³-hybridized carbons (Fsp3) is 0.412. The first-order chi connectivity index (χ1) is 11.5. The molecule has 1 fully saturated rings. The highest BCUT2D eigenvalue weighted by molar-refractivity contribution is 6.42. The van der Waals surface area contributed by atoms with Gasteiger partial charge in [-0.25, -0.2) is 0 Å². The maximum Gasteiger partial charge on any atom is 0.248 e. The van der Waals surface area contributed by atoms with Crippen molar-refractivity contribution in [2.45, 2.75) is 31.3 Å². The molecule has 5 nitrogen and oxygen atoms in total. The molecule has 2 heterocycles. The van der Waals surface area contributed by atoms with Crippen LogP contribution in [-0.2, 0) is 10.3 Å². The second-order valence-electron chi connectivity index (χ2n) is 6.10. The van der Waals surface area contributed by atoms with E-state index < -0.39 is 5.54 Å². The number of halogens is 2. The molecule has 1 aromatic heterocycles. The van der Waals surface area contributed by atoms with Gasteiger partial charge in [-0.1, -0.05) is 29.3 Å². The molecule has 7 heteroatoms. The Balaban J connectivity index is 1.82. The Hall–Kier alpha value is -1.56. The third-order valence-electron chi connectivity index (χ3n) is 4.59. The monoisotopic (exact) mass is 366 g/mol. The summed E-state index contributed by atoms with van der Waals surface area (Å²) in [5.74, 6) is -0.0220. The number of nitrogens with zero attached hydrogens (tertiary/aromatic N) is 2. The molecule has 0 aliphatic carbocycles. The quantitative estimate of drug-likeness (QED) is 0.873. The van der Waals surface area contributed by atoms with Crippen molar-refractivity contribution in [3.05, 3.63) is 52.3 Å². The number of nitrogens with one attached hydrogen (secondary N) is 2. The van der Waals surface area contributed by atoms with Crippen LogP contribution in [0, 0.1) is 0 Å². The zero-order chi connectivity index (χ0) is 17.2. The fourth-order valence-electron chi connectivity index (χ4n) is 3.12. The Kier molecular flexibility index (Phi) is 5.13. The molecular weight excluding hydrogens is 347 g/mol. The average molecular weight is 367 g/mol. The highest BCUT2D eigenvalue weighted by Gasteiger charge is 2.42. The molecule has 2 aromatic rings. The Morgan fingerprint density at radius 1 is 1.33 bits per heavy atom. The van der Waals surface area contributed by atoms with Crippen LogP contribution < -0.4 is 10.6 Å². The first-order valence-electron chi connectivity index (χ1n) is 8.00. The minimum atomic E-state index is -0.654. The first kappa shape index (κ1) is 17.3. The molecule has 0 spiro atoms. The lowest BCUT2D eigenvalue weighted by molar-refractivity contribution is -0.132. The third-order valence-corrected chi connectivity index (χ3v) is 5.33. The summed E-state index contributed by atoms with van der Waals surface area (Å²) in [7, 11) is 0. The van der Waals surface area contributed by atoms with Gasteiger partial charge in [-0.15, -0.1) is 0 Å². The maximum atomic E-state index is 13.1. The van der Waals surface area contributed by atoms with Gasteiger partial charge >= 0.3 is 0 Å². The van der Waals surface area contributed by atoms with E-state index in [1.807, 2.05) is 25.3 Å². The van der Waals surface area contributed by atoms with Crippen molar-refractivity contribution in [1.82, 2.24) is 20.4 Å². The Bertz CT molecular complexity index is 711. The molecule has 2 N–H and O–H groups in total. The lowest BCUT2D eigenvalue weighted by Gasteiger charge is -2.37. The van der Waals surface area contributed by atoms with E-state index in [0.717, 1.165) is 18.7 Å². The molecule has 1 atom stereocenters. The summed E-state index contributed by atoms with van der Waals surface area (Å²) in [6, 6.07) is 7.09. The number of hydrogen-bond acceptors (Lipinski definition) is 3. The molecule has 1 aliphatic rings. The fourth-order valence-corrected chi connectivity index (χ4v) is 3.43. The highest BCUT2D eigenvalue weighted by atomic mass is 35.5. The van der Waals surface area contributed by atoms with E-state index in [1.54, 1.807) is 23.0 Å². The number of piperidine rings is 1. The van der Waals surface area contributed by atoms with Gasteiger partial charge in [0, 0.05) is 12.4 Å². The van der Waals surface area contributed by atoms with E-state index in [4.69, 9.17) is 23.2 Å². The topological polar surface area (TPSA) is 59.0 Å². The summed E-state index contributed by atoms with van der Waals surface area (Å²) in [5.41, 5.74) is 0.265. The minimum Gasteiger partial charge on any atom is -0.347 e. The van der Waals surface area contributed by atoms with Gasteiger partial charge in [0.05, 0.1) is 16.1 Å². The van der Waals surface area contributed by atoms with Crippen molar-refractivity contribution in [2.75, 3.05) is 13.1 Å². The number of amides is 1. The molecular formula is C17H20Cl2N4O. The zero-order valence-electron chi connectivity index (χ0n) is 13.4. The Morgan fingerprint density at radius 3 is 2.71 bits per heavy atom. The second kappa shape index (κ2) is 7.13. The number of carbonyl (C=O) groups is 1. The molecule has 1 aliphatic heterocycles. The summed E-state index contributed by atoms with van der Waals surface area (Å²) in [5, 5.41) is 11.7. The number of aromatic nitrogens is 2. The van der Waals surface area contributed by atoms with Gasteiger partial charge < -0.3 is 10.6 Å². The summed E-state index contributed by atoms with van der Waals surface area (Å²) >= 11 is 12.0.